The van der Waals surface area contributed by atoms with Crippen LogP contribution in [-0.2, 0) is 23.1 Å². The van der Waals surface area contributed by atoms with Crippen molar-refractivity contribution in [2.24, 2.45) is 5.73 Å². The van der Waals surface area contributed by atoms with E-state index in [0.717, 1.165) is 77.0 Å². The van der Waals surface area contributed by atoms with Crippen LogP contribution in [-0.4, -0.2) is 48.4 Å². The molecule has 2 atom stereocenters. The van der Waals surface area contributed by atoms with Gasteiger partial charge in [0.1, 0.15) is 12.7 Å². The summed E-state index contributed by atoms with van der Waals surface area (Å²) in [6.07, 6.45) is 55.8. The number of rotatable bonds is 36. The maximum absolute atomic E-state index is 11.8. The van der Waals surface area contributed by atoms with Gasteiger partial charge in [0, 0.05) is 13.0 Å². The van der Waals surface area contributed by atoms with Gasteiger partial charge in [-0.05, 0) is 70.6 Å². The smallest absolute Gasteiger partial charge is 0.463 e. The topological polar surface area (TPSA) is 128 Å². The molecule has 4 N–H and O–H groups in total. The van der Waals surface area contributed by atoms with Gasteiger partial charge in [0.05, 0.1) is 13.2 Å². The summed E-state index contributed by atoms with van der Waals surface area (Å²) < 4.78 is 25.7. The third-order valence-electron chi connectivity index (χ3n) is 7.71. The number of phosphoric ester groups is 1. The number of phosphoric acid groups is 1. The van der Waals surface area contributed by atoms with E-state index in [0.29, 0.717) is 6.42 Å². The Morgan fingerprint density at radius 2 is 0.962 bits per heavy atom. The van der Waals surface area contributed by atoms with E-state index in [1.807, 2.05) is 0 Å². The van der Waals surface area contributed by atoms with E-state index in [-0.39, 0.29) is 19.8 Å². The zero-order chi connectivity index (χ0) is 38.1. The Kier molecular flexibility index (Phi) is 37.7. The fourth-order valence-corrected chi connectivity index (χ4v) is 5.59. The average Bonchev–Trinajstić information content (AvgIpc) is 3.14. The lowest BCUT2D eigenvalue weighted by atomic mass is 10.1. The second kappa shape index (κ2) is 39.6. The Balaban J connectivity index is 3.51. The molecule has 0 aromatic heterocycles. The number of carbonyl (C=O) groups excluding carboxylic acids is 1. The van der Waals surface area contributed by atoms with Crippen LogP contribution in [0.25, 0.3) is 0 Å². The van der Waals surface area contributed by atoms with Gasteiger partial charge in [0.15, 0.2) is 0 Å². The Morgan fingerprint density at radius 1 is 0.577 bits per heavy atom. The zero-order valence-electron chi connectivity index (χ0n) is 32.2. The minimum Gasteiger partial charge on any atom is -0.463 e. The first kappa shape index (κ1) is 49.4. The molecule has 0 aliphatic carbocycles. The summed E-state index contributed by atoms with van der Waals surface area (Å²) in [7, 11) is -4.26. The van der Waals surface area contributed by atoms with Crippen LogP contribution in [0.2, 0.25) is 0 Å². The number of allylic oxidation sites excluding steroid dienone is 16. The molecule has 8 nitrogen and oxygen atoms in total. The molecule has 296 valence electrons. The Bertz CT molecular complexity index is 1110. The molecule has 0 fully saturated rings. The van der Waals surface area contributed by atoms with Crippen LogP contribution < -0.4 is 5.73 Å². The molecule has 0 saturated carbocycles. The molecule has 0 aromatic rings. The number of nitrogens with two attached hydrogens (primary N) is 1. The SMILES string of the molecule is CC/C=C\C/C=C\C/C=C\C/C=C\C/C=C\C/C=C\C/C=C\C/C=C\CCCCCCCCCCCCC(=O)OCC(O)COP(=O)(O)OCCN. The molecule has 9 heteroatoms. The summed E-state index contributed by atoms with van der Waals surface area (Å²) in [6.45, 7) is 1.32. The maximum atomic E-state index is 11.8. The van der Waals surface area contributed by atoms with Crippen molar-refractivity contribution in [3.63, 3.8) is 0 Å². The van der Waals surface area contributed by atoms with E-state index in [1.165, 1.54) is 44.9 Å². The molecular formula is C43H72NO7P. The highest BCUT2D eigenvalue weighted by molar-refractivity contribution is 7.47. The number of carbonyl (C=O) groups is 1. The molecule has 0 spiro atoms. The summed E-state index contributed by atoms with van der Waals surface area (Å²) in [5.74, 6) is -0.395. The van der Waals surface area contributed by atoms with Crippen LogP contribution in [0.3, 0.4) is 0 Å². The highest BCUT2D eigenvalue weighted by Crippen LogP contribution is 2.42. The van der Waals surface area contributed by atoms with E-state index in [2.05, 4.69) is 113 Å². The zero-order valence-corrected chi connectivity index (χ0v) is 33.1. The summed E-state index contributed by atoms with van der Waals surface area (Å²) in [6, 6.07) is 0. The van der Waals surface area contributed by atoms with Crippen LogP contribution in [0.1, 0.15) is 135 Å². The second-order valence-electron chi connectivity index (χ2n) is 12.6. The van der Waals surface area contributed by atoms with Gasteiger partial charge < -0.3 is 20.5 Å². The van der Waals surface area contributed by atoms with Gasteiger partial charge in [-0.15, -0.1) is 0 Å². The molecule has 52 heavy (non-hydrogen) atoms. The lowest BCUT2D eigenvalue weighted by molar-refractivity contribution is -0.147. The second-order valence-corrected chi connectivity index (χ2v) is 14.1. The number of aliphatic hydroxyl groups is 1. The quantitative estimate of drug-likeness (QED) is 0.0250. The highest BCUT2D eigenvalue weighted by atomic mass is 31.2. The van der Waals surface area contributed by atoms with Crippen LogP contribution in [0, 0.1) is 0 Å². The van der Waals surface area contributed by atoms with E-state index in [4.69, 9.17) is 10.5 Å². The number of hydrogen-bond donors (Lipinski definition) is 3. The third-order valence-corrected chi connectivity index (χ3v) is 8.70. The Hall–Kier alpha value is -2.58. The molecule has 0 aromatic carbocycles. The first-order chi connectivity index (χ1) is 25.4. The summed E-state index contributed by atoms with van der Waals surface area (Å²) in [4.78, 5) is 21.2. The van der Waals surface area contributed by atoms with Gasteiger partial charge in [0.2, 0.25) is 0 Å². The molecule has 0 aliphatic heterocycles. The first-order valence-electron chi connectivity index (χ1n) is 19.8. The number of ether oxygens (including phenoxy) is 1. The molecular weight excluding hydrogens is 673 g/mol. The van der Waals surface area contributed by atoms with Crippen molar-refractivity contribution < 1.29 is 33.1 Å². The van der Waals surface area contributed by atoms with Crippen molar-refractivity contribution in [3.05, 3.63) is 97.2 Å². The molecule has 0 bridgehead atoms. The molecule has 0 heterocycles. The van der Waals surface area contributed by atoms with Crippen molar-refractivity contribution in [2.45, 2.75) is 141 Å². The average molecular weight is 746 g/mol. The van der Waals surface area contributed by atoms with Crippen LogP contribution >= 0.6 is 7.82 Å². The molecule has 0 aliphatic rings. The minimum atomic E-state index is -4.26. The number of aliphatic hydroxyl groups excluding tert-OH is 1. The third kappa shape index (κ3) is 40.2. The minimum absolute atomic E-state index is 0.0693. The fraction of sp³-hybridized carbons (Fsp3) is 0.605. The summed E-state index contributed by atoms with van der Waals surface area (Å²) in [5, 5.41) is 9.76. The number of hydrogen-bond acceptors (Lipinski definition) is 7. The van der Waals surface area contributed by atoms with Crippen molar-refractivity contribution in [3.8, 4) is 0 Å². The summed E-state index contributed by atoms with van der Waals surface area (Å²) >= 11 is 0. The van der Waals surface area contributed by atoms with Gasteiger partial charge in [-0.1, -0.05) is 156 Å². The van der Waals surface area contributed by atoms with Gasteiger partial charge in [-0.3, -0.25) is 13.8 Å². The fourth-order valence-electron chi connectivity index (χ4n) is 4.82. The maximum Gasteiger partial charge on any atom is 0.472 e. The summed E-state index contributed by atoms with van der Waals surface area (Å²) in [5.41, 5.74) is 5.20. The standard InChI is InChI=1S/C43H72NO7P/c1-2-3-4-5-6-7-8-9-10-11-12-13-14-15-16-17-18-19-20-21-22-23-24-25-26-27-28-29-30-31-32-33-34-35-36-37-43(46)49-40-42(45)41-51-52(47,48)50-39-38-44/h3-4,6-7,9-10,12-13,15-16,18-19,21-22,24-25,42,45H,2,5,8,11,14,17,20,23,26-41,44H2,1H3,(H,47,48)/b4-3-,7-6-,10-9-,13-12-,16-15-,19-18-,22-21-,25-24-. The normalized spacial score (nSPS) is 14.6. The number of esters is 1. The Labute approximate surface area is 317 Å². The molecule has 2 unspecified atom stereocenters. The monoisotopic (exact) mass is 746 g/mol. The predicted octanol–water partition coefficient (Wildman–Crippen LogP) is 11.3. The van der Waals surface area contributed by atoms with Gasteiger partial charge >= 0.3 is 13.8 Å². The largest absolute Gasteiger partial charge is 0.472 e. The van der Waals surface area contributed by atoms with Gasteiger partial charge in [-0.2, -0.15) is 0 Å². The van der Waals surface area contributed by atoms with Crippen molar-refractivity contribution >= 4 is 13.8 Å². The highest BCUT2D eigenvalue weighted by Gasteiger charge is 2.22. The molecule has 0 saturated heterocycles. The van der Waals surface area contributed by atoms with Crippen LogP contribution in [0.5, 0.6) is 0 Å². The predicted molar refractivity (Wildman–Crippen MR) is 219 cm³/mol. The molecule has 0 amide bonds. The van der Waals surface area contributed by atoms with Crippen LogP contribution in [0.4, 0.5) is 0 Å². The lowest BCUT2D eigenvalue weighted by Crippen LogP contribution is -2.23. The van der Waals surface area contributed by atoms with Crippen molar-refractivity contribution in [1.29, 1.82) is 0 Å². The van der Waals surface area contributed by atoms with Crippen LogP contribution in [0.15, 0.2) is 97.2 Å². The molecule has 0 radical (unpaired) electrons. The van der Waals surface area contributed by atoms with Gasteiger partial charge in [-0.25, -0.2) is 4.57 Å². The Morgan fingerprint density at radius 3 is 1.38 bits per heavy atom. The number of unbranched alkanes of at least 4 members (excludes halogenated alkanes) is 10. The molecule has 0 rings (SSSR count). The van der Waals surface area contributed by atoms with E-state index < -0.39 is 26.5 Å². The van der Waals surface area contributed by atoms with E-state index >= 15 is 0 Å². The van der Waals surface area contributed by atoms with Gasteiger partial charge in [0.25, 0.3) is 0 Å². The van der Waals surface area contributed by atoms with Crippen molar-refractivity contribution in [1.82, 2.24) is 0 Å². The lowest BCUT2D eigenvalue weighted by Gasteiger charge is -2.15. The van der Waals surface area contributed by atoms with E-state index in [9.17, 15) is 19.4 Å². The van der Waals surface area contributed by atoms with Crippen molar-refractivity contribution in [2.75, 3.05) is 26.4 Å². The first-order valence-corrected chi connectivity index (χ1v) is 21.3. The van der Waals surface area contributed by atoms with E-state index in [1.54, 1.807) is 0 Å².